The summed E-state index contributed by atoms with van der Waals surface area (Å²) in [4.78, 5) is 36.2. The Labute approximate surface area is 124 Å². The van der Waals surface area contributed by atoms with E-state index in [0.29, 0.717) is 25.9 Å². The maximum absolute atomic E-state index is 12.2. The Morgan fingerprint density at radius 3 is 2.00 bits per heavy atom. The summed E-state index contributed by atoms with van der Waals surface area (Å²) >= 11 is 0. The van der Waals surface area contributed by atoms with Crippen LogP contribution in [0.4, 0.5) is 0 Å². The molecule has 0 atom stereocenters. The minimum Gasteiger partial charge on any atom is -0.481 e. The van der Waals surface area contributed by atoms with Gasteiger partial charge in [-0.05, 0) is 38.5 Å². The van der Waals surface area contributed by atoms with Crippen molar-refractivity contribution < 1.29 is 19.5 Å². The van der Waals surface area contributed by atoms with Crippen molar-refractivity contribution >= 4 is 17.8 Å². The van der Waals surface area contributed by atoms with Crippen molar-refractivity contribution in [2.45, 2.75) is 51.5 Å². The molecule has 2 aliphatic rings. The van der Waals surface area contributed by atoms with Gasteiger partial charge < -0.3 is 15.3 Å². The molecule has 2 N–H and O–H groups in total. The Bertz CT molecular complexity index is 408. The predicted octanol–water partition coefficient (Wildman–Crippen LogP) is 1.00. The van der Waals surface area contributed by atoms with Gasteiger partial charge in [0.2, 0.25) is 11.8 Å². The number of piperidine rings is 1. The molecule has 2 rings (SSSR count). The molecule has 1 aliphatic heterocycles. The van der Waals surface area contributed by atoms with Crippen LogP contribution in [0.1, 0.15) is 45.4 Å². The number of aliphatic carboxylic acids is 1. The summed E-state index contributed by atoms with van der Waals surface area (Å²) in [6, 6.07) is 0.110. The Morgan fingerprint density at radius 1 is 0.952 bits per heavy atom. The third-order valence-electron chi connectivity index (χ3n) is 4.73. The highest BCUT2D eigenvalue weighted by Gasteiger charge is 2.30. The molecule has 6 nitrogen and oxygen atoms in total. The maximum Gasteiger partial charge on any atom is 0.306 e. The van der Waals surface area contributed by atoms with Gasteiger partial charge in [0.05, 0.1) is 5.92 Å². The second kappa shape index (κ2) is 6.91. The van der Waals surface area contributed by atoms with Crippen molar-refractivity contribution in [1.82, 2.24) is 10.2 Å². The molecule has 0 aromatic rings. The van der Waals surface area contributed by atoms with Gasteiger partial charge in [-0.2, -0.15) is 0 Å². The molecule has 0 unspecified atom stereocenters. The lowest BCUT2D eigenvalue weighted by atomic mass is 9.85. The Hall–Kier alpha value is -1.59. The number of likely N-dealkylation sites (tertiary alicyclic amines) is 1. The van der Waals surface area contributed by atoms with Gasteiger partial charge in [0.15, 0.2) is 0 Å². The van der Waals surface area contributed by atoms with Crippen molar-refractivity contribution in [3.8, 4) is 0 Å². The number of rotatable bonds is 3. The van der Waals surface area contributed by atoms with Crippen LogP contribution in [-0.2, 0) is 14.4 Å². The highest BCUT2D eigenvalue weighted by Crippen LogP contribution is 2.25. The first kappa shape index (κ1) is 15.8. The lowest BCUT2D eigenvalue weighted by Gasteiger charge is -2.32. The zero-order valence-electron chi connectivity index (χ0n) is 12.5. The predicted molar refractivity (Wildman–Crippen MR) is 76.5 cm³/mol. The van der Waals surface area contributed by atoms with E-state index in [1.54, 1.807) is 11.8 Å². The standard InChI is InChI=1S/C15H24N2O4/c1-10(18)17-8-6-11(7-9-17)14(19)16-13-4-2-12(3-5-13)15(20)21/h11-13H,2-9H2,1H3,(H,16,19)(H,20,21). The molecule has 0 radical (unpaired) electrons. The summed E-state index contributed by atoms with van der Waals surface area (Å²) in [7, 11) is 0. The van der Waals surface area contributed by atoms with Crippen LogP contribution in [0.15, 0.2) is 0 Å². The molecule has 0 aromatic heterocycles. The zero-order chi connectivity index (χ0) is 15.4. The molecule has 1 aliphatic carbocycles. The highest BCUT2D eigenvalue weighted by molar-refractivity contribution is 5.80. The van der Waals surface area contributed by atoms with Crippen molar-refractivity contribution in [2.24, 2.45) is 11.8 Å². The molecule has 1 saturated heterocycles. The Kier molecular flexibility index (Phi) is 5.20. The number of carbonyl (C=O) groups excluding carboxylic acids is 2. The normalized spacial score (nSPS) is 27.2. The molecule has 118 valence electrons. The summed E-state index contributed by atoms with van der Waals surface area (Å²) in [5.74, 6) is -0.857. The molecular formula is C15H24N2O4. The molecule has 1 saturated carbocycles. The van der Waals surface area contributed by atoms with E-state index in [0.717, 1.165) is 25.7 Å². The van der Waals surface area contributed by atoms with Gasteiger partial charge in [0, 0.05) is 32.0 Å². The van der Waals surface area contributed by atoms with E-state index < -0.39 is 5.97 Å². The fraction of sp³-hybridized carbons (Fsp3) is 0.800. The van der Waals surface area contributed by atoms with E-state index in [4.69, 9.17) is 5.11 Å². The molecule has 2 amide bonds. The minimum atomic E-state index is -0.726. The quantitative estimate of drug-likeness (QED) is 0.813. The molecule has 2 fully saturated rings. The summed E-state index contributed by atoms with van der Waals surface area (Å²) in [5.41, 5.74) is 0. The largest absolute Gasteiger partial charge is 0.481 e. The topological polar surface area (TPSA) is 86.7 Å². The summed E-state index contributed by atoms with van der Waals surface area (Å²) in [5, 5.41) is 12.0. The zero-order valence-corrected chi connectivity index (χ0v) is 12.5. The molecule has 0 spiro atoms. The van der Waals surface area contributed by atoms with Crippen molar-refractivity contribution in [2.75, 3.05) is 13.1 Å². The van der Waals surface area contributed by atoms with Crippen molar-refractivity contribution in [3.05, 3.63) is 0 Å². The number of nitrogens with one attached hydrogen (secondary N) is 1. The molecule has 0 bridgehead atoms. The van der Waals surface area contributed by atoms with Crippen LogP contribution in [-0.4, -0.2) is 46.9 Å². The summed E-state index contributed by atoms with van der Waals surface area (Å²) in [6.07, 6.45) is 4.21. The van der Waals surface area contributed by atoms with Crippen LogP contribution < -0.4 is 5.32 Å². The first-order valence-corrected chi connectivity index (χ1v) is 7.76. The van der Waals surface area contributed by atoms with Crippen LogP contribution in [0.3, 0.4) is 0 Å². The highest BCUT2D eigenvalue weighted by atomic mass is 16.4. The number of carboxylic acid groups (broad SMARTS) is 1. The fourth-order valence-electron chi connectivity index (χ4n) is 3.26. The van der Waals surface area contributed by atoms with E-state index in [1.807, 2.05) is 0 Å². The summed E-state index contributed by atoms with van der Waals surface area (Å²) < 4.78 is 0. The second-order valence-corrected chi connectivity index (χ2v) is 6.18. The van der Waals surface area contributed by atoms with Crippen molar-refractivity contribution in [3.63, 3.8) is 0 Å². The van der Waals surface area contributed by atoms with E-state index in [9.17, 15) is 14.4 Å². The Balaban J connectivity index is 1.73. The lowest BCUT2D eigenvalue weighted by Crippen LogP contribution is -2.46. The lowest BCUT2D eigenvalue weighted by molar-refractivity contribution is -0.143. The van der Waals surface area contributed by atoms with Gasteiger partial charge in [-0.25, -0.2) is 0 Å². The van der Waals surface area contributed by atoms with E-state index >= 15 is 0 Å². The fourth-order valence-corrected chi connectivity index (χ4v) is 3.26. The third kappa shape index (κ3) is 4.19. The number of amides is 2. The van der Waals surface area contributed by atoms with Gasteiger partial charge in [-0.15, -0.1) is 0 Å². The van der Waals surface area contributed by atoms with Crippen LogP contribution >= 0.6 is 0 Å². The van der Waals surface area contributed by atoms with Gasteiger partial charge in [-0.1, -0.05) is 0 Å². The first-order valence-electron chi connectivity index (χ1n) is 7.76. The SMILES string of the molecule is CC(=O)N1CCC(C(=O)NC2CCC(C(=O)O)CC2)CC1. The number of nitrogens with zero attached hydrogens (tertiary/aromatic N) is 1. The number of hydrogen-bond donors (Lipinski definition) is 2. The molecular weight excluding hydrogens is 272 g/mol. The van der Waals surface area contributed by atoms with Crippen molar-refractivity contribution in [1.29, 1.82) is 0 Å². The smallest absolute Gasteiger partial charge is 0.306 e. The average Bonchev–Trinajstić information content (AvgIpc) is 2.47. The third-order valence-corrected chi connectivity index (χ3v) is 4.73. The molecule has 6 heteroatoms. The minimum absolute atomic E-state index is 0.0159. The summed E-state index contributed by atoms with van der Waals surface area (Å²) in [6.45, 7) is 2.86. The van der Waals surface area contributed by atoms with Crippen LogP contribution in [0.5, 0.6) is 0 Å². The number of hydrogen-bond acceptors (Lipinski definition) is 3. The molecule has 1 heterocycles. The van der Waals surface area contributed by atoms with Gasteiger partial charge in [-0.3, -0.25) is 14.4 Å². The van der Waals surface area contributed by atoms with Gasteiger partial charge >= 0.3 is 5.97 Å². The number of carbonyl (C=O) groups is 3. The van der Waals surface area contributed by atoms with Crippen LogP contribution in [0.25, 0.3) is 0 Å². The van der Waals surface area contributed by atoms with Gasteiger partial charge in [0.1, 0.15) is 0 Å². The van der Waals surface area contributed by atoms with Crippen LogP contribution in [0.2, 0.25) is 0 Å². The van der Waals surface area contributed by atoms with E-state index in [1.165, 1.54) is 0 Å². The maximum atomic E-state index is 12.2. The second-order valence-electron chi connectivity index (χ2n) is 6.18. The average molecular weight is 296 g/mol. The monoisotopic (exact) mass is 296 g/mol. The molecule has 0 aromatic carbocycles. The van der Waals surface area contributed by atoms with E-state index in [-0.39, 0.29) is 29.7 Å². The first-order chi connectivity index (χ1) is 9.97. The Morgan fingerprint density at radius 2 is 1.52 bits per heavy atom. The number of carboxylic acids is 1. The molecule has 21 heavy (non-hydrogen) atoms. The van der Waals surface area contributed by atoms with Gasteiger partial charge in [0.25, 0.3) is 0 Å². The van der Waals surface area contributed by atoms with E-state index in [2.05, 4.69) is 5.32 Å². The van der Waals surface area contributed by atoms with Crippen LogP contribution in [0, 0.1) is 11.8 Å².